The Bertz CT molecular complexity index is 938. The maximum atomic E-state index is 12.2. The van der Waals surface area contributed by atoms with Crippen LogP contribution < -0.4 is 15.5 Å². The van der Waals surface area contributed by atoms with Crippen molar-refractivity contribution in [3.8, 4) is 0 Å². The summed E-state index contributed by atoms with van der Waals surface area (Å²) in [7, 11) is 1.83. The number of hydrogen-bond donors (Lipinski definition) is 2. The molecule has 9 nitrogen and oxygen atoms in total. The Balaban J connectivity index is 1.30. The molecule has 0 aromatic carbocycles. The molecule has 1 amide bonds. The highest BCUT2D eigenvalue weighted by Crippen LogP contribution is 2.32. The van der Waals surface area contributed by atoms with Crippen molar-refractivity contribution in [1.29, 1.82) is 0 Å². The van der Waals surface area contributed by atoms with Crippen molar-refractivity contribution < 1.29 is 4.79 Å². The highest BCUT2D eigenvalue weighted by molar-refractivity contribution is 7.15. The number of anilines is 3. The molecule has 0 radical (unpaired) electrons. The predicted molar refractivity (Wildman–Crippen MR) is 112 cm³/mol. The highest BCUT2D eigenvalue weighted by Gasteiger charge is 2.25. The SMILES string of the molecule is CNc1ccc(N2CCC(c3nnc(NC(=O)Cc4ccccn4)s3)CC2)nn1. The minimum Gasteiger partial charge on any atom is -0.372 e. The average Bonchev–Trinajstić information content (AvgIpc) is 3.23. The Morgan fingerprint density at radius 2 is 2.00 bits per heavy atom. The van der Waals surface area contributed by atoms with Crippen LogP contribution in [0.2, 0.25) is 0 Å². The normalized spacial score (nSPS) is 14.6. The van der Waals surface area contributed by atoms with Crippen LogP contribution in [0.5, 0.6) is 0 Å². The number of nitrogens with zero attached hydrogens (tertiary/aromatic N) is 6. The lowest BCUT2D eigenvalue weighted by Gasteiger charge is -2.31. The van der Waals surface area contributed by atoms with Gasteiger partial charge < -0.3 is 15.5 Å². The second-order valence-electron chi connectivity index (χ2n) is 6.78. The first-order valence-electron chi connectivity index (χ1n) is 9.51. The van der Waals surface area contributed by atoms with Gasteiger partial charge in [0.05, 0.1) is 6.42 Å². The summed E-state index contributed by atoms with van der Waals surface area (Å²) < 4.78 is 0. The van der Waals surface area contributed by atoms with Crippen molar-refractivity contribution in [2.24, 2.45) is 0 Å². The first kappa shape index (κ1) is 19.2. The standard InChI is InChI=1S/C19H22N8OS/c1-20-15-5-6-16(24-23-15)27-10-7-13(8-11-27)18-25-26-19(29-18)22-17(28)12-14-4-2-3-9-21-14/h2-6,9,13H,7-8,10-12H2,1H3,(H,20,23)(H,22,26,28). The molecule has 1 aliphatic heterocycles. The summed E-state index contributed by atoms with van der Waals surface area (Å²) in [5, 5.41) is 24.2. The summed E-state index contributed by atoms with van der Waals surface area (Å²) >= 11 is 1.45. The number of amides is 1. The number of nitrogens with one attached hydrogen (secondary N) is 2. The van der Waals surface area contributed by atoms with Gasteiger partial charge in [0.1, 0.15) is 10.8 Å². The van der Waals surface area contributed by atoms with Gasteiger partial charge in [-0.2, -0.15) is 0 Å². The first-order valence-corrected chi connectivity index (χ1v) is 10.3. The van der Waals surface area contributed by atoms with Crippen LogP contribution in [0.25, 0.3) is 0 Å². The van der Waals surface area contributed by atoms with Gasteiger partial charge in [-0.1, -0.05) is 17.4 Å². The topological polar surface area (TPSA) is 109 Å². The van der Waals surface area contributed by atoms with Crippen LogP contribution in [0.1, 0.15) is 29.5 Å². The zero-order chi connectivity index (χ0) is 20.1. The van der Waals surface area contributed by atoms with E-state index in [2.05, 4.69) is 40.9 Å². The Morgan fingerprint density at radius 1 is 1.14 bits per heavy atom. The maximum absolute atomic E-state index is 12.2. The molecule has 0 bridgehead atoms. The molecule has 10 heteroatoms. The van der Waals surface area contributed by atoms with Gasteiger partial charge in [0.2, 0.25) is 11.0 Å². The Kier molecular flexibility index (Phi) is 5.89. The van der Waals surface area contributed by atoms with Gasteiger partial charge in [-0.3, -0.25) is 9.78 Å². The van der Waals surface area contributed by atoms with Crippen LogP contribution in [-0.4, -0.2) is 51.4 Å². The second kappa shape index (κ2) is 8.91. The third kappa shape index (κ3) is 4.83. The summed E-state index contributed by atoms with van der Waals surface area (Å²) in [6, 6.07) is 9.44. The molecular weight excluding hydrogens is 388 g/mol. The van der Waals surface area contributed by atoms with Crippen LogP contribution in [0.15, 0.2) is 36.5 Å². The van der Waals surface area contributed by atoms with Crippen LogP contribution >= 0.6 is 11.3 Å². The van der Waals surface area contributed by atoms with Crippen molar-refractivity contribution in [1.82, 2.24) is 25.4 Å². The van der Waals surface area contributed by atoms with E-state index in [0.717, 1.165) is 48.3 Å². The quantitative estimate of drug-likeness (QED) is 0.637. The smallest absolute Gasteiger partial charge is 0.232 e. The number of piperidine rings is 1. The van der Waals surface area contributed by atoms with E-state index in [1.807, 2.05) is 37.4 Å². The largest absolute Gasteiger partial charge is 0.372 e. The van der Waals surface area contributed by atoms with Gasteiger partial charge in [0.15, 0.2) is 5.82 Å². The molecule has 0 aliphatic carbocycles. The molecule has 0 saturated carbocycles. The molecule has 2 N–H and O–H groups in total. The van der Waals surface area contributed by atoms with Crippen molar-refractivity contribution >= 4 is 34.0 Å². The fourth-order valence-electron chi connectivity index (χ4n) is 3.26. The Morgan fingerprint density at radius 3 is 2.69 bits per heavy atom. The molecule has 3 aromatic heterocycles. The number of hydrogen-bond acceptors (Lipinski definition) is 9. The maximum Gasteiger partial charge on any atom is 0.232 e. The predicted octanol–water partition coefficient (Wildman–Crippen LogP) is 2.33. The van der Waals surface area contributed by atoms with Crippen molar-refractivity contribution in [3.05, 3.63) is 47.2 Å². The van der Waals surface area contributed by atoms with E-state index in [-0.39, 0.29) is 12.3 Å². The molecule has 4 rings (SSSR count). The second-order valence-corrected chi connectivity index (χ2v) is 7.79. The lowest BCUT2D eigenvalue weighted by atomic mass is 9.98. The van der Waals surface area contributed by atoms with Crippen molar-refractivity contribution in [3.63, 3.8) is 0 Å². The fourth-order valence-corrected chi connectivity index (χ4v) is 4.19. The lowest BCUT2D eigenvalue weighted by molar-refractivity contribution is -0.115. The molecule has 0 atom stereocenters. The highest BCUT2D eigenvalue weighted by atomic mass is 32.1. The zero-order valence-corrected chi connectivity index (χ0v) is 16.9. The first-order chi connectivity index (χ1) is 14.2. The molecule has 1 aliphatic rings. The van der Waals surface area contributed by atoms with E-state index >= 15 is 0 Å². The van der Waals surface area contributed by atoms with Gasteiger partial charge in [0, 0.05) is 37.9 Å². The molecule has 1 fully saturated rings. The van der Waals surface area contributed by atoms with Crippen molar-refractivity contribution in [2.75, 3.05) is 35.7 Å². The number of carbonyl (C=O) groups is 1. The molecule has 0 unspecified atom stereocenters. The average molecular weight is 411 g/mol. The third-order valence-electron chi connectivity index (χ3n) is 4.83. The van der Waals surface area contributed by atoms with Gasteiger partial charge in [-0.05, 0) is 37.1 Å². The zero-order valence-electron chi connectivity index (χ0n) is 16.1. The summed E-state index contributed by atoms with van der Waals surface area (Å²) in [5.74, 6) is 1.86. The van der Waals surface area contributed by atoms with E-state index in [9.17, 15) is 4.79 Å². The molecule has 0 spiro atoms. The van der Waals surface area contributed by atoms with E-state index < -0.39 is 0 Å². The molecule has 29 heavy (non-hydrogen) atoms. The summed E-state index contributed by atoms with van der Waals surface area (Å²) in [6.45, 7) is 1.78. The number of rotatable bonds is 6. The van der Waals surface area contributed by atoms with Crippen LogP contribution in [0.4, 0.5) is 16.8 Å². The number of carbonyl (C=O) groups excluding carboxylic acids is 1. The summed E-state index contributed by atoms with van der Waals surface area (Å²) in [5.41, 5.74) is 0.730. The van der Waals surface area contributed by atoms with Crippen LogP contribution in [0, 0.1) is 0 Å². The summed E-state index contributed by atoms with van der Waals surface area (Å²) in [4.78, 5) is 18.6. The van der Waals surface area contributed by atoms with E-state index in [0.29, 0.717) is 11.0 Å². The molecular formula is C19H22N8OS. The third-order valence-corrected chi connectivity index (χ3v) is 5.83. The van der Waals surface area contributed by atoms with E-state index in [4.69, 9.17) is 0 Å². The van der Waals surface area contributed by atoms with Gasteiger partial charge in [0.25, 0.3) is 0 Å². The Hall–Kier alpha value is -3.14. The summed E-state index contributed by atoms with van der Waals surface area (Å²) in [6.07, 6.45) is 3.83. The minimum absolute atomic E-state index is 0.134. The van der Waals surface area contributed by atoms with Gasteiger partial charge >= 0.3 is 0 Å². The monoisotopic (exact) mass is 410 g/mol. The van der Waals surface area contributed by atoms with E-state index in [1.54, 1.807) is 6.20 Å². The fraction of sp³-hybridized carbons (Fsp3) is 0.368. The Labute approximate surface area is 172 Å². The molecule has 3 aromatic rings. The lowest BCUT2D eigenvalue weighted by Crippen LogP contribution is -2.33. The van der Waals surface area contributed by atoms with Gasteiger partial charge in [-0.15, -0.1) is 20.4 Å². The van der Waals surface area contributed by atoms with E-state index in [1.165, 1.54) is 11.3 Å². The number of pyridine rings is 1. The van der Waals surface area contributed by atoms with Crippen LogP contribution in [0.3, 0.4) is 0 Å². The molecule has 4 heterocycles. The molecule has 1 saturated heterocycles. The van der Waals surface area contributed by atoms with Crippen molar-refractivity contribution in [2.45, 2.75) is 25.2 Å². The molecule has 150 valence electrons. The minimum atomic E-state index is -0.134. The number of aromatic nitrogens is 5. The van der Waals surface area contributed by atoms with Crippen LogP contribution in [-0.2, 0) is 11.2 Å². The van der Waals surface area contributed by atoms with Gasteiger partial charge in [-0.25, -0.2) is 0 Å².